The fourth-order valence-corrected chi connectivity index (χ4v) is 2.85. The molecule has 1 N–H and O–H groups in total. The van der Waals surface area contributed by atoms with Crippen molar-refractivity contribution in [2.24, 2.45) is 0 Å². The lowest BCUT2D eigenvalue weighted by molar-refractivity contribution is -0.137. The highest BCUT2D eigenvalue weighted by molar-refractivity contribution is 6.30. The molecule has 1 amide bonds. The number of nitriles is 1. The number of nitrogens with one attached hydrogen (secondary N) is 1. The highest BCUT2D eigenvalue weighted by Crippen LogP contribution is 2.34. The second kappa shape index (κ2) is 10.0. The zero-order valence-corrected chi connectivity index (χ0v) is 17.4. The largest absolute Gasteiger partial charge is 0.423 e. The van der Waals surface area contributed by atoms with Crippen molar-refractivity contribution in [2.45, 2.75) is 6.18 Å². The molecule has 5 nitrogen and oxygen atoms in total. The standard InChI is InChI=1S/C24H14ClF3N2O3/c25-18-9-7-16(8-10-18)23(32)33-19-11-5-15(6-12-19)13-17(14-29)22(31)30-21-4-2-1-3-20(21)24(26,27)28/h1-13H,(H,30,31)/b17-13+. The Morgan fingerprint density at radius 3 is 2.21 bits per heavy atom. The summed E-state index contributed by atoms with van der Waals surface area (Å²) in [5.74, 6) is -1.38. The van der Waals surface area contributed by atoms with Crippen molar-refractivity contribution in [3.8, 4) is 11.8 Å². The third-order valence-corrected chi connectivity index (χ3v) is 4.58. The van der Waals surface area contributed by atoms with Crippen LogP contribution < -0.4 is 10.1 Å². The number of benzene rings is 3. The molecular formula is C24H14ClF3N2O3. The van der Waals surface area contributed by atoms with Crippen molar-refractivity contribution >= 4 is 35.2 Å². The van der Waals surface area contributed by atoms with Crippen LogP contribution in [-0.4, -0.2) is 11.9 Å². The van der Waals surface area contributed by atoms with Crippen LogP contribution in [0.25, 0.3) is 6.08 Å². The van der Waals surface area contributed by atoms with Crippen LogP contribution in [0.3, 0.4) is 0 Å². The van der Waals surface area contributed by atoms with Gasteiger partial charge in [0.05, 0.1) is 16.8 Å². The van der Waals surface area contributed by atoms with Crippen LogP contribution >= 0.6 is 11.6 Å². The van der Waals surface area contributed by atoms with Crippen molar-refractivity contribution in [1.29, 1.82) is 5.26 Å². The van der Waals surface area contributed by atoms with Gasteiger partial charge in [0.1, 0.15) is 17.4 Å². The average molecular weight is 471 g/mol. The molecule has 3 rings (SSSR count). The van der Waals surface area contributed by atoms with E-state index in [0.29, 0.717) is 16.1 Å². The van der Waals surface area contributed by atoms with Crippen LogP contribution in [0.2, 0.25) is 5.02 Å². The maximum atomic E-state index is 13.1. The summed E-state index contributed by atoms with van der Waals surface area (Å²) in [6.07, 6.45) is -3.46. The highest BCUT2D eigenvalue weighted by atomic mass is 35.5. The van der Waals surface area contributed by atoms with Crippen molar-refractivity contribution in [3.63, 3.8) is 0 Å². The van der Waals surface area contributed by atoms with Crippen molar-refractivity contribution in [1.82, 2.24) is 0 Å². The summed E-state index contributed by atoms with van der Waals surface area (Å²) in [5, 5.41) is 11.9. The molecule has 3 aromatic carbocycles. The van der Waals surface area contributed by atoms with Gasteiger partial charge in [-0.15, -0.1) is 0 Å². The number of ether oxygens (including phenoxy) is 1. The SMILES string of the molecule is N#C/C(=C\c1ccc(OC(=O)c2ccc(Cl)cc2)cc1)C(=O)Nc1ccccc1C(F)(F)F. The lowest BCUT2D eigenvalue weighted by atomic mass is 10.1. The van der Waals surface area contributed by atoms with E-state index in [2.05, 4.69) is 5.32 Å². The molecule has 0 heterocycles. The molecule has 3 aromatic rings. The number of hydrogen-bond donors (Lipinski definition) is 1. The Bertz CT molecular complexity index is 1250. The van der Waals surface area contributed by atoms with E-state index in [1.54, 1.807) is 18.2 Å². The Hall–Kier alpha value is -4.09. The number of carbonyl (C=O) groups is 2. The minimum atomic E-state index is -4.67. The molecule has 0 aromatic heterocycles. The third kappa shape index (κ3) is 6.21. The van der Waals surface area contributed by atoms with E-state index in [0.717, 1.165) is 12.1 Å². The van der Waals surface area contributed by atoms with Gasteiger partial charge in [-0.05, 0) is 60.2 Å². The summed E-state index contributed by atoms with van der Waals surface area (Å²) < 4.78 is 44.6. The molecule has 0 saturated carbocycles. The lowest BCUT2D eigenvalue weighted by Gasteiger charge is -2.13. The van der Waals surface area contributed by atoms with Crippen molar-refractivity contribution < 1.29 is 27.5 Å². The van der Waals surface area contributed by atoms with E-state index in [9.17, 15) is 28.0 Å². The summed E-state index contributed by atoms with van der Waals surface area (Å²) in [4.78, 5) is 24.5. The number of carbonyl (C=O) groups excluding carboxylic acids is 2. The lowest BCUT2D eigenvalue weighted by Crippen LogP contribution is -2.17. The van der Waals surface area contributed by atoms with Crippen LogP contribution in [0, 0.1) is 11.3 Å². The second-order valence-electron chi connectivity index (χ2n) is 6.63. The highest BCUT2D eigenvalue weighted by Gasteiger charge is 2.33. The Kier molecular flexibility index (Phi) is 7.16. The topological polar surface area (TPSA) is 79.2 Å². The summed E-state index contributed by atoms with van der Waals surface area (Å²) in [6.45, 7) is 0. The first-order valence-electron chi connectivity index (χ1n) is 9.34. The molecular weight excluding hydrogens is 457 g/mol. The van der Waals surface area contributed by atoms with Crippen LogP contribution in [0.4, 0.5) is 18.9 Å². The van der Waals surface area contributed by atoms with Crippen LogP contribution in [-0.2, 0) is 11.0 Å². The van der Waals surface area contributed by atoms with E-state index < -0.39 is 34.9 Å². The summed E-state index contributed by atoms with van der Waals surface area (Å²) in [6, 6.07) is 18.1. The van der Waals surface area contributed by atoms with Crippen LogP contribution in [0.5, 0.6) is 5.75 Å². The Balaban J connectivity index is 1.73. The van der Waals surface area contributed by atoms with Crippen molar-refractivity contribution in [3.05, 3.63) is 100 Å². The molecule has 0 aliphatic carbocycles. The van der Waals surface area contributed by atoms with Gasteiger partial charge in [-0.3, -0.25) is 4.79 Å². The molecule has 0 fully saturated rings. The number of halogens is 4. The summed E-state index contributed by atoms with van der Waals surface area (Å²) in [7, 11) is 0. The van der Waals surface area contributed by atoms with Gasteiger partial charge in [0.25, 0.3) is 5.91 Å². The minimum absolute atomic E-state index is 0.217. The van der Waals surface area contributed by atoms with E-state index in [-0.39, 0.29) is 5.75 Å². The second-order valence-corrected chi connectivity index (χ2v) is 7.07. The van der Waals surface area contributed by atoms with Crippen LogP contribution in [0.15, 0.2) is 78.4 Å². The molecule has 0 aliphatic heterocycles. The van der Waals surface area contributed by atoms with E-state index in [1.807, 2.05) is 0 Å². The number of amides is 1. The zero-order chi connectivity index (χ0) is 24.0. The van der Waals surface area contributed by atoms with E-state index in [4.69, 9.17) is 16.3 Å². The van der Waals surface area contributed by atoms with Gasteiger partial charge in [0, 0.05) is 5.02 Å². The van der Waals surface area contributed by atoms with Gasteiger partial charge in [0.15, 0.2) is 0 Å². The summed E-state index contributed by atoms with van der Waals surface area (Å²) in [5.41, 5.74) is -1.19. The number of esters is 1. The van der Waals surface area contributed by atoms with Gasteiger partial charge < -0.3 is 10.1 Å². The van der Waals surface area contributed by atoms with Gasteiger partial charge >= 0.3 is 12.1 Å². The number of hydrogen-bond acceptors (Lipinski definition) is 4. The first-order chi connectivity index (χ1) is 15.7. The first kappa shape index (κ1) is 23.6. The number of rotatable bonds is 5. The third-order valence-electron chi connectivity index (χ3n) is 4.33. The maximum absolute atomic E-state index is 13.1. The minimum Gasteiger partial charge on any atom is -0.423 e. The molecule has 0 unspecified atom stereocenters. The quantitative estimate of drug-likeness (QED) is 0.211. The summed E-state index contributed by atoms with van der Waals surface area (Å²) >= 11 is 5.78. The molecule has 0 bridgehead atoms. The average Bonchev–Trinajstić information content (AvgIpc) is 2.78. The molecule has 0 aliphatic rings. The van der Waals surface area contributed by atoms with Gasteiger partial charge in [-0.2, -0.15) is 18.4 Å². The molecule has 0 spiro atoms. The molecule has 33 heavy (non-hydrogen) atoms. The number of para-hydroxylation sites is 1. The van der Waals surface area contributed by atoms with Crippen LogP contribution in [0.1, 0.15) is 21.5 Å². The fourth-order valence-electron chi connectivity index (χ4n) is 2.73. The van der Waals surface area contributed by atoms with E-state index >= 15 is 0 Å². The molecule has 0 saturated heterocycles. The molecule has 166 valence electrons. The van der Waals surface area contributed by atoms with Gasteiger partial charge in [0.2, 0.25) is 0 Å². The normalized spacial score (nSPS) is 11.4. The number of alkyl halides is 3. The molecule has 0 radical (unpaired) electrons. The predicted octanol–water partition coefficient (Wildman–Crippen LogP) is 6.12. The van der Waals surface area contributed by atoms with Crippen molar-refractivity contribution in [2.75, 3.05) is 5.32 Å². The maximum Gasteiger partial charge on any atom is 0.418 e. The molecule has 0 atom stereocenters. The first-order valence-corrected chi connectivity index (χ1v) is 9.72. The number of nitrogens with zero attached hydrogens (tertiary/aromatic N) is 1. The Morgan fingerprint density at radius 1 is 0.970 bits per heavy atom. The monoisotopic (exact) mass is 470 g/mol. The van der Waals surface area contributed by atoms with Gasteiger partial charge in [-0.1, -0.05) is 35.9 Å². The Labute approximate surface area is 191 Å². The smallest absolute Gasteiger partial charge is 0.418 e. The number of anilines is 1. The zero-order valence-electron chi connectivity index (χ0n) is 16.7. The fraction of sp³-hybridized carbons (Fsp3) is 0.0417. The predicted molar refractivity (Wildman–Crippen MR) is 117 cm³/mol. The Morgan fingerprint density at radius 2 is 1.61 bits per heavy atom. The van der Waals surface area contributed by atoms with Gasteiger partial charge in [-0.25, -0.2) is 4.79 Å². The molecule has 9 heteroatoms. The van der Waals surface area contributed by atoms with E-state index in [1.165, 1.54) is 54.6 Å².